The van der Waals surface area contributed by atoms with Crippen LogP contribution in [-0.2, 0) is 29.4 Å². The first kappa shape index (κ1) is 28.8. The number of carbonyl (C=O) groups is 2. The van der Waals surface area contributed by atoms with Gasteiger partial charge in [-0.15, -0.1) is 0 Å². The Balaban J connectivity index is 1.41. The summed E-state index contributed by atoms with van der Waals surface area (Å²) in [5.74, 6) is -3.78. The Morgan fingerprint density at radius 1 is 1.14 bits per heavy atom. The average Bonchev–Trinajstić information content (AvgIpc) is 2.99. The Bertz CT molecular complexity index is 1680. The largest absolute Gasteiger partial charge is 0.461 e. The SMILES string of the molecule is Cn1c2c(c(=O)n(-c3ccc(CC(NC(=O)c4cc(F)c(N)cc4F)C(=O)OC4CCCCC4)nc3)c1=O)CCN=C2. The number of benzene rings is 1. The fraction of sp³-hybridized carbons (Fsp3) is 0.379. The van der Waals surface area contributed by atoms with E-state index in [0.29, 0.717) is 54.9 Å². The summed E-state index contributed by atoms with van der Waals surface area (Å²) in [6, 6.07) is 3.10. The number of hydrogen-bond acceptors (Lipinski definition) is 8. The van der Waals surface area contributed by atoms with Crippen LogP contribution in [0.2, 0.25) is 0 Å². The van der Waals surface area contributed by atoms with Crippen LogP contribution in [-0.4, -0.2) is 50.9 Å². The molecule has 0 spiro atoms. The van der Waals surface area contributed by atoms with Crippen molar-refractivity contribution in [2.24, 2.45) is 12.0 Å². The van der Waals surface area contributed by atoms with E-state index in [-0.39, 0.29) is 18.2 Å². The van der Waals surface area contributed by atoms with E-state index in [1.807, 2.05) is 0 Å². The predicted octanol–water partition coefficient (Wildman–Crippen LogP) is 1.98. The maximum Gasteiger partial charge on any atom is 0.335 e. The van der Waals surface area contributed by atoms with Crippen LogP contribution in [0.3, 0.4) is 0 Å². The van der Waals surface area contributed by atoms with Crippen LogP contribution in [0.5, 0.6) is 0 Å². The topological polar surface area (TPSA) is 151 Å². The van der Waals surface area contributed by atoms with Gasteiger partial charge in [0.1, 0.15) is 23.8 Å². The molecule has 0 saturated heterocycles. The van der Waals surface area contributed by atoms with Crippen molar-refractivity contribution in [2.45, 2.75) is 57.1 Å². The quantitative estimate of drug-likeness (QED) is 0.320. The molecule has 1 saturated carbocycles. The van der Waals surface area contributed by atoms with Crippen molar-refractivity contribution in [3.8, 4) is 5.69 Å². The number of rotatable bonds is 7. The molecular formula is C29H30F2N6O5. The second-order valence-corrected chi connectivity index (χ2v) is 10.4. The molecule has 0 radical (unpaired) electrons. The Kier molecular flexibility index (Phi) is 8.27. The number of nitrogen functional groups attached to an aromatic ring is 1. The lowest BCUT2D eigenvalue weighted by atomic mass is 9.97. The van der Waals surface area contributed by atoms with Crippen molar-refractivity contribution in [3.05, 3.63) is 85.4 Å². The standard InChI is InChI=1S/C29H30F2N6O5/c1-36-25-15-33-10-9-19(25)27(39)37(29(36)41)17-8-7-16(34-14-17)11-24(28(40)42-18-5-3-2-4-6-18)35-26(38)20-12-22(31)23(32)13-21(20)30/h7-8,12-15,18,24H,2-6,9-11,32H2,1H3,(H,35,38). The first-order valence-electron chi connectivity index (χ1n) is 13.7. The highest BCUT2D eigenvalue weighted by atomic mass is 19.1. The van der Waals surface area contributed by atoms with Gasteiger partial charge in [-0.25, -0.2) is 22.9 Å². The molecule has 1 atom stereocenters. The van der Waals surface area contributed by atoms with Gasteiger partial charge in [-0.2, -0.15) is 0 Å². The molecule has 1 fully saturated rings. The Morgan fingerprint density at radius 3 is 2.62 bits per heavy atom. The van der Waals surface area contributed by atoms with Crippen molar-refractivity contribution in [2.75, 3.05) is 12.3 Å². The number of carbonyl (C=O) groups excluding carboxylic acids is 2. The molecule has 1 aliphatic carbocycles. The number of aromatic nitrogens is 3. The summed E-state index contributed by atoms with van der Waals surface area (Å²) in [5, 5.41) is 2.44. The Labute approximate surface area is 239 Å². The van der Waals surface area contributed by atoms with Crippen LogP contribution in [0.15, 0.2) is 45.0 Å². The minimum atomic E-state index is -1.28. The van der Waals surface area contributed by atoms with E-state index in [0.717, 1.165) is 23.8 Å². The van der Waals surface area contributed by atoms with E-state index in [9.17, 15) is 28.0 Å². The Hall–Kier alpha value is -4.68. The first-order valence-corrected chi connectivity index (χ1v) is 13.7. The molecule has 1 aliphatic heterocycles. The summed E-state index contributed by atoms with van der Waals surface area (Å²) in [6.07, 6.45) is 6.99. The molecule has 1 aromatic carbocycles. The molecule has 2 aromatic heterocycles. The predicted molar refractivity (Wildman–Crippen MR) is 150 cm³/mol. The van der Waals surface area contributed by atoms with E-state index in [1.165, 1.54) is 29.1 Å². The number of nitrogens with zero attached hydrogens (tertiary/aromatic N) is 4. The van der Waals surface area contributed by atoms with E-state index < -0.39 is 52.1 Å². The minimum absolute atomic E-state index is 0.149. The van der Waals surface area contributed by atoms with Gasteiger partial charge in [-0.05, 0) is 50.3 Å². The third kappa shape index (κ3) is 5.85. The number of nitrogens with two attached hydrogens (primary N) is 1. The third-order valence-corrected chi connectivity index (χ3v) is 7.55. The van der Waals surface area contributed by atoms with Crippen molar-refractivity contribution in [1.82, 2.24) is 19.4 Å². The van der Waals surface area contributed by atoms with Gasteiger partial charge in [0.2, 0.25) is 0 Å². The highest BCUT2D eigenvalue weighted by Crippen LogP contribution is 2.22. The molecule has 220 valence electrons. The molecule has 11 nitrogen and oxygen atoms in total. The second-order valence-electron chi connectivity index (χ2n) is 10.4. The molecule has 5 rings (SSSR count). The van der Waals surface area contributed by atoms with Gasteiger partial charge in [0.15, 0.2) is 0 Å². The third-order valence-electron chi connectivity index (χ3n) is 7.55. The van der Waals surface area contributed by atoms with E-state index in [4.69, 9.17) is 10.5 Å². The zero-order chi connectivity index (χ0) is 30.0. The van der Waals surface area contributed by atoms with E-state index in [2.05, 4.69) is 15.3 Å². The number of anilines is 1. The summed E-state index contributed by atoms with van der Waals surface area (Å²) in [4.78, 5) is 60.7. The molecule has 3 N–H and O–H groups in total. The van der Waals surface area contributed by atoms with Crippen molar-refractivity contribution in [1.29, 1.82) is 0 Å². The zero-order valence-electron chi connectivity index (χ0n) is 22.9. The fourth-order valence-corrected chi connectivity index (χ4v) is 5.22. The van der Waals surface area contributed by atoms with Gasteiger partial charge >= 0.3 is 11.7 Å². The van der Waals surface area contributed by atoms with Gasteiger partial charge in [0.05, 0.1) is 28.8 Å². The van der Waals surface area contributed by atoms with Gasteiger partial charge in [0.25, 0.3) is 11.5 Å². The summed E-state index contributed by atoms with van der Waals surface area (Å²) in [6.45, 7) is 0.439. The monoisotopic (exact) mass is 580 g/mol. The van der Waals surface area contributed by atoms with Crippen molar-refractivity contribution < 1.29 is 23.1 Å². The van der Waals surface area contributed by atoms with Gasteiger partial charge in [-0.1, -0.05) is 6.42 Å². The van der Waals surface area contributed by atoms with Crippen LogP contribution in [0, 0.1) is 11.6 Å². The highest BCUT2D eigenvalue weighted by molar-refractivity contribution is 5.97. The van der Waals surface area contributed by atoms with Crippen LogP contribution in [0.1, 0.15) is 59.4 Å². The molecule has 1 unspecified atom stereocenters. The maximum atomic E-state index is 14.4. The number of fused-ring (bicyclic) bond motifs is 1. The van der Waals surface area contributed by atoms with Crippen LogP contribution in [0.25, 0.3) is 5.69 Å². The number of pyridine rings is 1. The van der Waals surface area contributed by atoms with Gasteiger partial charge < -0.3 is 15.8 Å². The minimum Gasteiger partial charge on any atom is -0.461 e. The molecule has 0 bridgehead atoms. The van der Waals surface area contributed by atoms with Crippen molar-refractivity contribution >= 4 is 23.8 Å². The number of ether oxygens (including phenoxy) is 1. The number of aliphatic imine (C=N–C) groups is 1. The smallest absolute Gasteiger partial charge is 0.335 e. The summed E-state index contributed by atoms with van der Waals surface area (Å²) in [5.41, 5.74) is 4.75. The molecule has 2 aliphatic rings. The van der Waals surface area contributed by atoms with Crippen LogP contribution >= 0.6 is 0 Å². The van der Waals surface area contributed by atoms with E-state index >= 15 is 0 Å². The molecule has 13 heteroatoms. The number of esters is 1. The second kappa shape index (κ2) is 12.0. The lowest BCUT2D eigenvalue weighted by Crippen LogP contribution is -2.45. The fourth-order valence-electron chi connectivity index (χ4n) is 5.22. The maximum absolute atomic E-state index is 14.4. The molecular weight excluding hydrogens is 550 g/mol. The Morgan fingerprint density at radius 2 is 1.90 bits per heavy atom. The summed E-state index contributed by atoms with van der Waals surface area (Å²) < 4.78 is 36.5. The highest BCUT2D eigenvalue weighted by Gasteiger charge is 2.29. The molecule has 1 amide bonds. The average molecular weight is 581 g/mol. The number of halogens is 2. The van der Waals surface area contributed by atoms with Gasteiger partial charge in [0, 0.05) is 43.6 Å². The van der Waals surface area contributed by atoms with Gasteiger partial charge in [-0.3, -0.25) is 24.1 Å². The number of hydrogen-bond donors (Lipinski definition) is 2. The normalized spacial score (nSPS) is 15.6. The van der Waals surface area contributed by atoms with Crippen LogP contribution in [0.4, 0.5) is 14.5 Å². The lowest BCUT2D eigenvalue weighted by molar-refractivity contribution is -0.152. The van der Waals surface area contributed by atoms with Crippen molar-refractivity contribution in [3.63, 3.8) is 0 Å². The molecule has 3 heterocycles. The summed E-state index contributed by atoms with van der Waals surface area (Å²) in [7, 11) is 1.55. The molecule has 3 aromatic rings. The number of amides is 1. The number of nitrogens with one attached hydrogen (secondary N) is 1. The van der Waals surface area contributed by atoms with E-state index in [1.54, 1.807) is 7.05 Å². The lowest BCUT2D eigenvalue weighted by Gasteiger charge is -2.25. The van der Waals surface area contributed by atoms with Crippen LogP contribution < -0.4 is 22.3 Å². The molecule has 42 heavy (non-hydrogen) atoms. The zero-order valence-corrected chi connectivity index (χ0v) is 22.9. The first-order chi connectivity index (χ1) is 20.1. The summed E-state index contributed by atoms with van der Waals surface area (Å²) >= 11 is 0.